The lowest BCUT2D eigenvalue weighted by Gasteiger charge is -2.06. The highest BCUT2D eigenvalue weighted by Crippen LogP contribution is 2.17. The van der Waals surface area contributed by atoms with E-state index in [0.29, 0.717) is 22.4 Å². The summed E-state index contributed by atoms with van der Waals surface area (Å²) >= 11 is 0. The topological polar surface area (TPSA) is 56.3 Å². The Labute approximate surface area is 143 Å². The molecule has 3 rings (SSSR count). The standard InChI is InChI=1S/C20H14FNO3/c1-13-2-3-16(12-22-13)20(24)25-18-10-6-15(7-11-18)19(23)14-4-8-17(21)9-5-14/h2-12H,1H3. The summed E-state index contributed by atoms with van der Waals surface area (Å²) in [6.07, 6.45) is 1.45. The number of aryl methyl sites for hydroxylation is 1. The van der Waals surface area contributed by atoms with Gasteiger partial charge in [-0.1, -0.05) is 0 Å². The molecule has 25 heavy (non-hydrogen) atoms. The molecule has 1 heterocycles. The van der Waals surface area contributed by atoms with Crippen molar-refractivity contribution in [2.45, 2.75) is 6.92 Å². The number of esters is 1. The smallest absolute Gasteiger partial charge is 0.345 e. The van der Waals surface area contributed by atoms with Crippen LogP contribution in [0, 0.1) is 12.7 Å². The Morgan fingerprint density at radius 3 is 1.96 bits per heavy atom. The van der Waals surface area contributed by atoms with Gasteiger partial charge in [0.1, 0.15) is 11.6 Å². The van der Waals surface area contributed by atoms with E-state index in [2.05, 4.69) is 4.98 Å². The van der Waals surface area contributed by atoms with E-state index in [0.717, 1.165) is 5.69 Å². The lowest BCUT2D eigenvalue weighted by Crippen LogP contribution is -2.09. The summed E-state index contributed by atoms with van der Waals surface area (Å²) in [6.45, 7) is 1.83. The number of carbonyl (C=O) groups is 2. The molecule has 0 aliphatic heterocycles. The molecule has 0 fully saturated rings. The Morgan fingerprint density at radius 1 is 0.840 bits per heavy atom. The number of nitrogens with zero attached hydrogens (tertiary/aromatic N) is 1. The first-order chi connectivity index (χ1) is 12.0. The minimum absolute atomic E-state index is 0.236. The van der Waals surface area contributed by atoms with E-state index in [4.69, 9.17) is 4.74 Å². The van der Waals surface area contributed by atoms with Gasteiger partial charge in [0, 0.05) is 23.0 Å². The number of aromatic nitrogens is 1. The van der Waals surface area contributed by atoms with Crippen molar-refractivity contribution >= 4 is 11.8 Å². The Hall–Kier alpha value is -3.34. The predicted molar refractivity (Wildman–Crippen MR) is 90.2 cm³/mol. The SMILES string of the molecule is Cc1ccc(C(=O)Oc2ccc(C(=O)c3ccc(F)cc3)cc2)cn1. The fourth-order valence-corrected chi connectivity index (χ4v) is 2.20. The molecule has 2 aromatic carbocycles. The highest BCUT2D eigenvalue weighted by atomic mass is 19.1. The van der Waals surface area contributed by atoms with Crippen molar-refractivity contribution in [1.29, 1.82) is 0 Å². The van der Waals surface area contributed by atoms with Gasteiger partial charge in [0.15, 0.2) is 5.78 Å². The van der Waals surface area contributed by atoms with Crippen molar-refractivity contribution in [2.75, 3.05) is 0 Å². The van der Waals surface area contributed by atoms with E-state index >= 15 is 0 Å². The van der Waals surface area contributed by atoms with Crippen molar-refractivity contribution in [1.82, 2.24) is 4.98 Å². The zero-order valence-corrected chi connectivity index (χ0v) is 13.4. The molecule has 0 bridgehead atoms. The summed E-state index contributed by atoms with van der Waals surface area (Å²) in [5.74, 6) is -0.837. The molecule has 0 saturated heterocycles. The van der Waals surface area contributed by atoms with Crippen LogP contribution in [0.25, 0.3) is 0 Å². The molecule has 0 aliphatic rings. The highest BCUT2D eigenvalue weighted by molar-refractivity contribution is 6.09. The average molecular weight is 335 g/mol. The molecule has 0 unspecified atom stereocenters. The monoisotopic (exact) mass is 335 g/mol. The molecule has 0 radical (unpaired) electrons. The number of hydrogen-bond donors (Lipinski definition) is 0. The van der Waals surface area contributed by atoms with Gasteiger partial charge in [-0.15, -0.1) is 0 Å². The highest BCUT2D eigenvalue weighted by Gasteiger charge is 2.12. The minimum atomic E-state index is -0.523. The normalized spacial score (nSPS) is 10.3. The van der Waals surface area contributed by atoms with Crippen LogP contribution in [0.2, 0.25) is 0 Å². The fraction of sp³-hybridized carbons (Fsp3) is 0.0500. The maximum atomic E-state index is 12.9. The number of carbonyl (C=O) groups excluding carboxylic acids is 2. The van der Waals surface area contributed by atoms with Gasteiger partial charge in [-0.05, 0) is 67.6 Å². The van der Waals surface area contributed by atoms with Crippen LogP contribution in [0.4, 0.5) is 4.39 Å². The van der Waals surface area contributed by atoms with Crippen LogP contribution >= 0.6 is 0 Å². The summed E-state index contributed by atoms with van der Waals surface area (Å²) < 4.78 is 18.2. The molecule has 0 atom stereocenters. The molecule has 4 nitrogen and oxygen atoms in total. The zero-order chi connectivity index (χ0) is 17.8. The van der Waals surface area contributed by atoms with E-state index in [1.807, 2.05) is 6.92 Å². The van der Waals surface area contributed by atoms with Crippen LogP contribution < -0.4 is 4.74 Å². The largest absolute Gasteiger partial charge is 0.423 e. The van der Waals surface area contributed by atoms with Crippen molar-refractivity contribution in [2.24, 2.45) is 0 Å². The fourth-order valence-electron chi connectivity index (χ4n) is 2.20. The van der Waals surface area contributed by atoms with Gasteiger partial charge in [0.05, 0.1) is 5.56 Å². The van der Waals surface area contributed by atoms with E-state index in [1.54, 1.807) is 24.3 Å². The van der Waals surface area contributed by atoms with Gasteiger partial charge in [-0.3, -0.25) is 9.78 Å². The van der Waals surface area contributed by atoms with Crippen molar-refractivity contribution in [3.05, 3.63) is 95.1 Å². The third-order valence-corrected chi connectivity index (χ3v) is 3.58. The van der Waals surface area contributed by atoms with Gasteiger partial charge < -0.3 is 4.74 Å². The molecular weight excluding hydrogens is 321 g/mol. The van der Waals surface area contributed by atoms with E-state index in [-0.39, 0.29) is 5.78 Å². The maximum Gasteiger partial charge on any atom is 0.345 e. The molecule has 0 N–H and O–H groups in total. The van der Waals surface area contributed by atoms with Crippen LogP contribution in [0.5, 0.6) is 5.75 Å². The average Bonchev–Trinajstić information content (AvgIpc) is 2.63. The van der Waals surface area contributed by atoms with Crippen LogP contribution in [-0.4, -0.2) is 16.7 Å². The Balaban J connectivity index is 1.71. The molecule has 124 valence electrons. The van der Waals surface area contributed by atoms with Crippen LogP contribution in [0.15, 0.2) is 66.9 Å². The number of ether oxygens (including phenoxy) is 1. The zero-order valence-electron chi connectivity index (χ0n) is 13.4. The second-order valence-corrected chi connectivity index (χ2v) is 5.44. The van der Waals surface area contributed by atoms with Gasteiger partial charge in [0.25, 0.3) is 0 Å². The summed E-state index contributed by atoms with van der Waals surface area (Å²) in [5.41, 5.74) is 1.96. The van der Waals surface area contributed by atoms with E-state index in [1.165, 1.54) is 42.6 Å². The molecule has 0 spiro atoms. The third-order valence-electron chi connectivity index (χ3n) is 3.58. The molecule has 5 heteroatoms. The van der Waals surface area contributed by atoms with E-state index < -0.39 is 11.8 Å². The van der Waals surface area contributed by atoms with Crippen molar-refractivity contribution in [3.8, 4) is 5.75 Å². The van der Waals surface area contributed by atoms with Gasteiger partial charge in [-0.2, -0.15) is 0 Å². The number of hydrogen-bond acceptors (Lipinski definition) is 4. The van der Waals surface area contributed by atoms with Gasteiger partial charge in [0.2, 0.25) is 0 Å². The van der Waals surface area contributed by atoms with Crippen LogP contribution in [0.1, 0.15) is 32.0 Å². The summed E-state index contributed by atoms with van der Waals surface area (Å²) in [4.78, 5) is 28.4. The van der Waals surface area contributed by atoms with Gasteiger partial charge >= 0.3 is 5.97 Å². The summed E-state index contributed by atoms with van der Waals surface area (Å²) in [6, 6.07) is 14.9. The molecule has 0 amide bonds. The first kappa shape index (κ1) is 16.5. The molecule has 3 aromatic rings. The second-order valence-electron chi connectivity index (χ2n) is 5.44. The quantitative estimate of drug-likeness (QED) is 0.411. The number of pyridine rings is 1. The number of rotatable bonds is 4. The molecule has 0 saturated carbocycles. The van der Waals surface area contributed by atoms with Crippen LogP contribution in [-0.2, 0) is 0 Å². The second kappa shape index (κ2) is 7.05. The first-order valence-electron chi connectivity index (χ1n) is 7.58. The Morgan fingerprint density at radius 2 is 1.40 bits per heavy atom. The van der Waals surface area contributed by atoms with E-state index in [9.17, 15) is 14.0 Å². The first-order valence-corrected chi connectivity index (χ1v) is 7.58. The number of ketones is 1. The number of benzene rings is 2. The third kappa shape index (κ3) is 3.95. The molecule has 1 aromatic heterocycles. The lowest BCUT2D eigenvalue weighted by atomic mass is 10.0. The van der Waals surface area contributed by atoms with Crippen LogP contribution in [0.3, 0.4) is 0 Å². The summed E-state index contributed by atoms with van der Waals surface area (Å²) in [5, 5.41) is 0. The van der Waals surface area contributed by atoms with Crippen molar-refractivity contribution < 1.29 is 18.7 Å². The lowest BCUT2D eigenvalue weighted by molar-refractivity contribution is 0.0734. The summed E-state index contributed by atoms with van der Waals surface area (Å²) in [7, 11) is 0. The predicted octanol–water partition coefficient (Wildman–Crippen LogP) is 3.98. The number of halogens is 1. The molecular formula is C20H14FNO3. The maximum absolute atomic E-state index is 12.9. The Kier molecular flexibility index (Phi) is 4.66. The minimum Gasteiger partial charge on any atom is -0.423 e. The van der Waals surface area contributed by atoms with Gasteiger partial charge in [-0.25, -0.2) is 9.18 Å². The molecule has 0 aliphatic carbocycles. The Bertz CT molecular complexity index is 901. The van der Waals surface area contributed by atoms with Crippen molar-refractivity contribution in [3.63, 3.8) is 0 Å².